The fraction of sp³-hybridized carbons (Fsp3) is 0.0769. The van der Waals surface area contributed by atoms with Crippen molar-refractivity contribution in [2.75, 3.05) is 0 Å². The van der Waals surface area contributed by atoms with Crippen molar-refractivity contribution in [2.24, 2.45) is 5.73 Å². The van der Waals surface area contributed by atoms with Crippen LogP contribution in [0.25, 0.3) is 0 Å². The Morgan fingerprint density at radius 3 is 2.06 bits per heavy atom. The Morgan fingerprint density at radius 1 is 0.882 bits per heavy atom. The molecule has 0 saturated heterocycles. The predicted molar refractivity (Wildman–Crippen MR) is 66.5 cm³/mol. The summed E-state index contributed by atoms with van der Waals surface area (Å²) in [4.78, 5) is 0. The van der Waals surface area contributed by atoms with Crippen molar-refractivity contribution in [2.45, 2.75) is 6.04 Å². The van der Waals surface area contributed by atoms with Crippen LogP contribution in [-0.4, -0.2) is 0 Å². The first-order valence-corrected chi connectivity index (χ1v) is 5.83. The van der Waals surface area contributed by atoms with Crippen molar-refractivity contribution in [3.8, 4) is 0 Å². The maximum atomic E-state index is 13.1. The second-order valence-electron chi connectivity index (χ2n) is 3.70. The zero-order chi connectivity index (χ0) is 12.4. The van der Waals surface area contributed by atoms with Crippen LogP contribution in [0.15, 0.2) is 46.9 Å². The molecular weight excluding hydrogens is 288 g/mol. The van der Waals surface area contributed by atoms with E-state index in [9.17, 15) is 8.78 Å². The molecule has 0 aliphatic carbocycles. The van der Waals surface area contributed by atoms with E-state index in [2.05, 4.69) is 15.9 Å². The molecule has 0 aliphatic rings. The Labute approximate surface area is 106 Å². The van der Waals surface area contributed by atoms with E-state index in [0.29, 0.717) is 5.56 Å². The van der Waals surface area contributed by atoms with Crippen LogP contribution in [0.4, 0.5) is 8.78 Å². The van der Waals surface area contributed by atoms with Crippen molar-refractivity contribution in [1.82, 2.24) is 0 Å². The Morgan fingerprint density at radius 2 is 1.47 bits per heavy atom. The highest BCUT2D eigenvalue weighted by molar-refractivity contribution is 9.10. The molecule has 17 heavy (non-hydrogen) atoms. The molecule has 2 aromatic rings. The van der Waals surface area contributed by atoms with Gasteiger partial charge in [-0.2, -0.15) is 0 Å². The highest BCUT2D eigenvalue weighted by atomic mass is 79.9. The third-order valence-corrected chi connectivity index (χ3v) is 3.06. The minimum atomic E-state index is -0.880. The first kappa shape index (κ1) is 12.2. The van der Waals surface area contributed by atoms with Crippen LogP contribution in [0.5, 0.6) is 0 Å². The van der Waals surface area contributed by atoms with Crippen LogP contribution < -0.4 is 5.73 Å². The summed E-state index contributed by atoms with van der Waals surface area (Å²) in [6, 6.07) is 10.6. The molecule has 0 bridgehead atoms. The van der Waals surface area contributed by atoms with Crippen LogP contribution >= 0.6 is 15.9 Å². The topological polar surface area (TPSA) is 26.0 Å². The van der Waals surface area contributed by atoms with Gasteiger partial charge in [-0.1, -0.05) is 34.1 Å². The van der Waals surface area contributed by atoms with E-state index in [1.165, 1.54) is 6.07 Å². The van der Waals surface area contributed by atoms with Crippen molar-refractivity contribution < 1.29 is 8.78 Å². The van der Waals surface area contributed by atoms with E-state index in [-0.39, 0.29) is 0 Å². The fourth-order valence-electron chi connectivity index (χ4n) is 1.57. The lowest BCUT2D eigenvalue weighted by Crippen LogP contribution is -2.12. The van der Waals surface area contributed by atoms with Crippen molar-refractivity contribution in [3.05, 3.63) is 69.7 Å². The summed E-state index contributed by atoms with van der Waals surface area (Å²) >= 11 is 3.32. The summed E-state index contributed by atoms with van der Waals surface area (Å²) in [7, 11) is 0. The van der Waals surface area contributed by atoms with Gasteiger partial charge in [-0.05, 0) is 35.4 Å². The average Bonchev–Trinajstić information content (AvgIpc) is 2.33. The van der Waals surface area contributed by atoms with Crippen LogP contribution in [-0.2, 0) is 0 Å². The molecule has 2 N–H and O–H groups in total. The molecule has 0 saturated carbocycles. The predicted octanol–water partition coefficient (Wildman–Crippen LogP) is 3.78. The third kappa shape index (κ3) is 2.70. The molecule has 2 rings (SSSR count). The minimum absolute atomic E-state index is 0.460. The van der Waals surface area contributed by atoms with Crippen LogP contribution in [0.2, 0.25) is 0 Å². The molecule has 0 amide bonds. The van der Waals surface area contributed by atoms with Gasteiger partial charge in [0.25, 0.3) is 0 Å². The first-order chi connectivity index (χ1) is 8.08. The number of nitrogens with two attached hydrogens (primary N) is 1. The van der Waals surface area contributed by atoms with Crippen LogP contribution in [0, 0.1) is 11.6 Å². The summed E-state index contributed by atoms with van der Waals surface area (Å²) in [5.41, 5.74) is 7.37. The zero-order valence-corrected chi connectivity index (χ0v) is 10.4. The molecule has 0 spiro atoms. The molecule has 1 nitrogen and oxygen atoms in total. The van der Waals surface area contributed by atoms with Crippen molar-refractivity contribution in [1.29, 1.82) is 0 Å². The molecule has 0 aromatic heterocycles. The quantitative estimate of drug-likeness (QED) is 0.897. The lowest BCUT2D eigenvalue weighted by Gasteiger charge is -2.12. The van der Waals surface area contributed by atoms with Crippen LogP contribution in [0.1, 0.15) is 17.2 Å². The molecule has 2 aromatic carbocycles. The SMILES string of the molecule is NC(c1ccc(Br)cc1)c1ccc(F)c(F)c1. The summed E-state index contributed by atoms with van der Waals surface area (Å²) in [6.07, 6.45) is 0. The highest BCUT2D eigenvalue weighted by Crippen LogP contribution is 2.22. The number of rotatable bonds is 2. The van der Waals surface area contributed by atoms with Crippen molar-refractivity contribution >= 4 is 15.9 Å². The van der Waals surface area contributed by atoms with E-state index >= 15 is 0 Å². The second-order valence-corrected chi connectivity index (χ2v) is 4.62. The van der Waals surface area contributed by atoms with Crippen molar-refractivity contribution in [3.63, 3.8) is 0 Å². The molecule has 0 radical (unpaired) electrons. The van der Waals surface area contributed by atoms with Gasteiger partial charge in [0.15, 0.2) is 11.6 Å². The lowest BCUT2D eigenvalue weighted by atomic mass is 10.00. The first-order valence-electron chi connectivity index (χ1n) is 5.04. The molecule has 88 valence electrons. The molecule has 1 atom stereocenters. The summed E-state index contributed by atoms with van der Waals surface area (Å²) in [5.74, 6) is -1.74. The van der Waals surface area contributed by atoms with Gasteiger partial charge in [-0.15, -0.1) is 0 Å². The normalized spacial score (nSPS) is 12.5. The number of halogens is 3. The fourth-order valence-corrected chi connectivity index (χ4v) is 1.83. The van der Waals surface area contributed by atoms with Gasteiger partial charge in [-0.25, -0.2) is 8.78 Å². The summed E-state index contributed by atoms with van der Waals surface area (Å²) < 4.78 is 26.8. The average molecular weight is 298 g/mol. The number of hydrogen-bond acceptors (Lipinski definition) is 1. The van der Waals surface area contributed by atoms with E-state index in [1.807, 2.05) is 24.3 Å². The molecule has 0 heterocycles. The summed E-state index contributed by atoms with van der Waals surface area (Å²) in [5, 5.41) is 0. The number of benzene rings is 2. The van der Waals surface area contributed by atoms with Gasteiger partial charge in [-0.3, -0.25) is 0 Å². The zero-order valence-electron chi connectivity index (χ0n) is 8.83. The minimum Gasteiger partial charge on any atom is -0.320 e. The Balaban J connectivity index is 2.33. The molecular formula is C13H10BrF2N. The molecule has 4 heteroatoms. The molecule has 1 unspecified atom stereocenters. The molecule has 0 fully saturated rings. The Hall–Kier alpha value is -1.26. The van der Waals surface area contributed by atoms with Gasteiger partial charge in [0.1, 0.15) is 0 Å². The Bertz CT molecular complexity index is 525. The van der Waals surface area contributed by atoms with Gasteiger partial charge < -0.3 is 5.73 Å². The van der Waals surface area contributed by atoms with Gasteiger partial charge in [0.2, 0.25) is 0 Å². The standard InChI is InChI=1S/C13H10BrF2N/c14-10-4-1-8(2-5-10)13(17)9-3-6-11(15)12(16)7-9/h1-7,13H,17H2. The lowest BCUT2D eigenvalue weighted by molar-refractivity contribution is 0.506. The second kappa shape index (κ2) is 4.94. The van der Waals surface area contributed by atoms with E-state index in [4.69, 9.17) is 5.73 Å². The number of hydrogen-bond donors (Lipinski definition) is 1. The van der Waals surface area contributed by atoms with Gasteiger partial charge in [0.05, 0.1) is 6.04 Å². The third-order valence-electron chi connectivity index (χ3n) is 2.53. The maximum absolute atomic E-state index is 13.1. The molecule has 0 aliphatic heterocycles. The summed E-state index contributed by atoms with van der Waals surface area (Å²) in [6.45, 7) is 0. The smallest absolute Gasteiger partial charge is 0.159 e. The van der Waals surface area contributed by atoms with Gasteiger partial charge in [0, 0.05) is 4.47 Å². The largest absolute Gasteiger partial charge is 0.320 e. The van der Waals surface area contributed by atoms with E-state index < -0.39 is 17.7 Å². The van der Waals surface area contributed by atoms with E-state index in [1.54, 1.807) is 0 Å². The van der Waals surface area contributed by atoms with E-state index in [0.717, 1.165) is 22.2 Å². The highest BCUT2D eigenvalue weighted by Gasteiger charge is 2.11. The van der Waals surface area contributed by atoms with Gasteiger partial charge >= 0.3 is 0 Å². The maximum Gasteiger partial charge on any atom is 0.159 e. The van der Waals surface area contributed by atoms with Crippen LogP contribution in [0.3, 0.4) is 0 Å². The Kier molecular flexibility index (Phi) is 3.54. The monoisotopic (exact) mass is 297 g/mol.